The largest absolute Gasteiger partial charge is 0.250 e. The summed E-state index contributed by atoms with van der Waals surface area (Å²) in [5, 5.41) is 2.00. The molecule has 4 nitrogen and oxygen atoms in total. The van der Waals surface area contributed by atoms with Crippen LogP contribution in [-0.2, 0) is 12.8 Å². The van der Waals surface area contributed by atoms with Gasteiger partial charge in [-0.3, -0.25) is 9.97 Å². The number of unbranched alkanes of at least 4 members (excludes halogenated alkanes) is 2. The van der Waals surface area contributed by atoms with Gasteiger partial charge in [0.2, 0.25) is 0 Å². The molecule has 0 bridgehead atoms. The molecule has 0 spiro atoms. The topological polar surface area (TPSA) is 51.6 Å². The summed E-state index contributed by atoms with van der Waals surface area (Å²) in [4.78, 5) is 21.5. The highest BCUT2D eigenvalue weighted by atomic mass is 28.3. The van der Waals surface area contributed by atoms with E-state index in [-0.39, 0.29) is 0 Å². The molecule has 50 heavy (non-hydrogen) atoms. The lowest BCUT2D eigenvalue weighted by Crippen LogP contribution is -2.43. The van der Waals surface area contributed by atoms with E-state index in [9.17, 15) is 0 Å². The molecule has 3 heterocycles. The first-order valence-electron chi connectivity index (χ1n) is 19.6. The van der Waals surface area contributed by atoms with Gasteiger partial charge in [-0.25, -0.2) is 9.97 Å². The van der Waals surface area contributed by atoms with Crippen LogP contribution in [0.2, 0.25) is 33.2 Å². The molecule has 4 rings (SSSR count). The molecule has 0 aliphatic rings. The number of hydrogen-bond acceptors (Lipinski definition) is 4. The van der Waals surface area contributed by atoms with Gasteiger partial charge in [0.05, 0.1) is 11.0 Å². The number of aromatic nitrogens is 4. The third kappa shape index (κ3) is 7.58. The maximum atomic E-state index is 5.46. The van der Waals surface area contributed by atoms with Gasteiger partial charge >= 0.3 is 0 Å². The van der Waals surface area contributed by atoms with Crippen molar-refractivity contribution >= 4 is 49.0 Å². The van der Waals surface area contributed by atoms with Crippen molar-refractivity contribution in [3.05, 3.63) is 47.0 Å². The molecule has 3 aromatic heterocycles. The van der Waals surface area contributed by atoms with Crippen LogP contribution in [0.25, 0.3) is 32.8 Å². The number of benzene rings is 1. The maximum Gasteiger partial charge on any atom is 0.147 e. The summed E-state index contributed by atoms with van der Waals surface area (Å²) in [7, 11) is -4.08. The molecule has 0 aliphatic heterocycles. The van der Waals surface area contributed by atoms with E-state index in [2.05, 4.69) is 144 Å². The molecule has 0 unspecified atom stereocenters. The molecular weight excluding hydrogens is 641 g/mol. The van der Waals surface area contributed by atoms with Crippen LogP contribution in [-0.4, -0.2) is 36.1 Å². The fourth-order valence-electron chi connectivity index (χ4n) is 8.92. The minimum atomic E-state index is -2.04. The predicted molar refractivity (Wildman–Crippen MR) is 223 cm³/mol. The summed E-state index contributed by atoms with van der Waals surface area (Å²) in [6.07, 6.45) is 6.41. The van der Waals surface area contributed by atoms with Crippen LogP contribution in [0.4, 0.5) is 0 Å². The summed E-state index contributed by atoms with van der Waals surface area (Å²) in [5.74, 6) is 7.43. The molecule has 0 fully saturated rings. The number of fused-ring (bicyclic) bond motifs is 6. The van der Waals surface area contributed by atoms with Gasteiger partial charge in [0, 0.05) is 22.2 Å². The van der Waals surface area contributed by atoms with E-state index >= 15 is 0 Å². The monoisotopic (exact) mass is 704 g/mol. The highest BCUT2D eigenvalue weighted by molar-refractivity contribution is 6.91. The van der Waals surface area contributed by atoms with Crippen LogP contribution >= 0.6 is 0 Å². The average Bonchev–Trinajstić information content (AvgIpc) is 3.05. The molecule has 4 aromatic rings. The van der Waals surface area contributed by atoms with Crippen molar-refractivity contribution in [3.63, 3.8) is 0 Å². The summed E-state index contributed by atoms with van der Waals surface area (Å²) in [6, 6.07) is 8.76. The maximum absolute atomic E-state index is 5.46. The molecule has 0 N–H and O–H groups in total. The Morgan fingerprint density at radius 3 is 1.04 bits per heavy atom. The molecule has 0 radical (unpaired) electrons. The second kappa shape index (κ2) is 16.5. The molecule has 1 aromatic carbocycles. The normalized spacial score (nSPS) is 12.6. The van der Waals surface area contributed by atoms with Gasteiger partial charge in [-0.2, -0.15) is 0 Å². The summed E-state index contributed by atoms with van der Waals surface area (Å²) in [6.45, 7) is 32.9. The second-order valence-electron chi connectivity index (χ2n) is 16.5. The SMILES string of the molecule is CCCCc1ccc2c(n1)c1nc(CCCC)ccc1c1nc(C#C[Si](C(C)C)(C(C)C)C(C)C)c(C#C[Si](C(C)C)(C(C)C)C(C)C)nc21. The van der Waals surface area contributed by atoms with Gasteiger partial charge in [0.1, 0.15) is 38.6 Å². The van der Waals surface area contributed by atoms with Crippen LogP contribution in [0.1, 0.15) is 145 Å². The van der Waals surface area contributed by atoms with E-state index in [1.807, 2.05) is 0 Å². The van der Waals surface area contributed by atoms with Gasteiger partial charge < -0.3 is 0 Å². The zero-order valence-corrected chi connectivity index (χ0v) is 35.8. The standard InChI is InChI=1S/C44H64N4Si2/c1-15-17-19-35-21-23-37-41(45-35)42-38(24-22-36(46-42)20-18-16-2)44-43(37)47-39(25-27-49(29(3)4,30(5)6)31(7)8)40(48-44)26-28-50(32(9)10,33(11)12)34(13)14/h21-24,29-34H,15-20H2,1-14H3. The summed E-state index contributed by atoms with van der Waals surface area (Å²) in [5.41, 5.74) is 18.2. The van der Waals surface area contributed by atoms with E-state index in [1.54, 1.807) is 0 Å². The molecule has 0 atom stereocenters. The smallest absolute Gasteiger partial charge is 0.147 e. The Bertz CT molecular complexity index is 1750. The Kier molecular flexibility index (Phi) is 13.1. The minimum Gasteiger partial charge on any atom is -0.250 e. The number of aryl methyl sites for hydroxylation is 2. The molecule has 0 aliphatic carbocycles. The zero-order chi connectivity index (χ0) is 37.0. The lowest BCUT2D eigenvalue weighted by atomic mass is 10.0. The van der Waals surface area contributed by atoms with E-state index in [0.717, 1.165) is 82.8 Å². The molecule has 0 saturated carbocycles. The molecule has 268 valence electrons. The van der Waals surface area contributed by atoms with Crippen molar-refractivity contribution in [2.24, 2.45) is 0 Å². The second-order valence-corrected chi connectivity index (χ2v) is 27.7. The molecule has 0 amide bonds. The Hall–Kier alpha value is -3.07. The van der Waals surface area contributed by atoms with Gasteiger partial charge in [-0.15, -0.1) is 11.1 Å². The summed E-state index contributed by atoms with van der Waals surface area (Å²) < 4.78 is 0. The van der Waals surface area contributed by atoms with Crippen LogP contribution in [0.3, 0.4) is 0 Å². The quantitative estimate of drug-likeness (QED) is 0.0837. The van der Waals surface area contributed by atoms with Crippen molar-refractivity contribution < 1.29 is 0 Å². The Labute approximate surface area is 306 Å². The first-order chi connectivity index (χ1) is 23.6. The van der Waals surface area contributed by atoms with Crippen molar-refractivity contribution in [1.82, 2.24) is 19.9 Å². The van der Waals surface area contributed by atoms with Crippen LogP contribution in [0.5, 0.6) is 0 Å². The highest BCUT2D eigenvalue weighted by Crippen LogP contribution is 2.42. The van der Waals surface area contributed by atoms with Crippen molar-refractivity contribution in [2.75, 3.05) is 0 Å². The fraction of sp³-hybridized carbons (Fsp3) is 0.591. The van der Waals surface area contributed by atoms with Crippen molar-refractivity contribution in [1.29, 1.82) is 0 Å². The first kappa shape index (κ1) is 39.7. The van der Waals surface area contributed by atoms with E-state index in [4.69, 9.17) is 19.9 Å². The van der Waals surface area contributed by atoms with Crippen LogP contribution in [0, 0.1) is 22.9 Å². The van der Waals surface area contributed by atoms with Crippen LogP contribution in [0.15, 0.2) is 24.3 Å². The van der Waals surface area contributed by atoms with Gasteiger partial charge in [0.25, 0.3) is 0 Å². The lowest BCUT2D eigenvalue weighted by molar-refractivity contribution is 0.778. The first-order valence-corrected chi connectivity index (χ1v) is 24.1. The van der Waals surface area contributed by atoms with Crippen molar-refractivity contribution in [2.45, 2.75) is 169 Å². The minimum absolute atomic E-state index is 0.518. The number of pyridine rings is 2. The third-order valence-corrected chi connectivity index (χ3v) is 24.2. The molecular formula is C44H64N4Si2. The van der Waals surface area contributed by atoms with Crippen LogP contribution < -0.4 is 0 Å². The Morgan fingerprint density at radius 1 is 0.460 bits per heavy atom. The zero-order valence-electron chi connectivity index (χ0n) is 33.8. The fourth-order valence-corrected chi connectivity index (χ4v) is 19.3. The lowest BCUT2D eigenvalue weighted by Gasteiger charge is -2.38. The van der Waals surface area contributed by atoms with Crippen molar-refractivity contribution in [3.8, 4) is 22.9 Å². The van der Waals surface area contributed by atoms with E-state index < -0.39 is 16.1 Å². The number of hydrogen-bond donors (Lipinski definition) is 0. The van der Waals surface area contributed by atoms with Gasteiger partial charge in [-0.1, -0.05) is 122 Å². The Morgan fingerprint density at radius 2 is 0.760 bits per heavy atom. The third-order valence-electron chi connectivity index (χ3n) is 11.6. The predicted octanol–water partition coefficient (Wildman–Crippen LogP) is 12.6. The Balaban J connectivity index is 2.19. The number of nitrogens with zero attached hydrogens (tertiary/aromatic N) is 4. The van der Waals surface area contributed by atoms with E-state index in [1.165, 1.54) is 0 Å². The highest BCUT2D eigenvalue weighted by Gasteiger charge is 2.43. The van der Waals surface area contributed by atoms with Gasteiger partial charge in [-0.05, 0) is 83.2 Å². The van der Waals surface area contributed by atoms with E-state index in [0.29, 0.717) is 44.6 Å². The summed E-state index contributed by atoms with van der Waals surface area (Å²) >= 11 is 0. The molecule has 6 heteroatoms. The number of rotatable bonds is 12. The van der Waals surface area contributed by atoms with Gasteiger partial charge in [0.15, 0.2) is 0 Å². The molecule has 0 saturated heterocycles. The average molecular weight is 705 g/mol.